The van der Waals surface area contributed by atoms with Crippen molar-refractivity contribution in [3.63, 3.8) is 0 Å². The highest BCUT2D eigenvalue weighted by Gasteiger charge is 2.16. The van der Waals surface area contributed by atoms with Gasteiger partial charge in [0.15, 0.2) is 5.69 Å². The minimum atomic E-state index is -0.321. The first-order chi connectivity index (χ1) is 18.0. The van der Waals surface area contributed by atoms with E-state index in [-0.39, 0.29) is 5.91 Å². The number of hydrogen-bond donors (Lipinski definition) is 3. The molecule has 0 bridgehead atoms. The van der Waals surface area contributed by atoms with Gasteiger partial charge in [0.1, 0.15) is 17.3 Å². The fraction of sp³-hybridized carbons (Fsp3) is 0.143. The number of benzene rings is 2. The summed E-state index contributed by atoms with van der Waals surface area (Å²) in [5.41, 5.74) is 3.41. The largest absolute Gasteiger partial charge is 0.456 e. The van der Waals surface area contributed by atoms with Gasteiger partial charge < -0.3 is 20.3 Å². The molecule has 0 fully saturated rings. The molecule has 37 heavy (non-hydrogen) atoms. The third-order valence-corrected chi connectivity index (χ3v) is 5.69. The van der Waals surface area contributed by atoms with E-state index in [4.69, 9.17) is 4.74 Å². The van der Waals surface area contributed by atoms with Crippen molar-refractivity contribution in [2.24, 2.45) is 0 Å². The summed E-state index contributed by atoms with van der Waals surface area (Å²) in [5, 5.41) is 14.0. The Morgan fingerprint density at radius 2 is 1.81 bits per heavy atom. The molecule has 0 aliphatic carbocycles. The van der Waals surface area contributed by atoms with Crippen LogP contribution >= 0.6 is 0 Å². The monoisotopic (exact) mass is 493 g/mol. The maximum absolute atomic E-state index is 13.1. The van der Waals surface area contributed by atoms with Crippen LogP contribution in [0.15, 0.2) is 85.3 Å². The number of rotatable bonds is 9. The number of amides is 1. The topological polar surface area (TPSA) is 108 Å². The van der Waals surface area contributed by atoms with Gasteiger partial charge in [0, 0.05) is 30.2 Å². The van der Waals surface area contributed by atoms with Crippen LogP contribution in [0.2, 0.25) is 0 Å². The molecular weight excluding hydrogens is 466 g/mol. The first-order valence-electron chi connectivity index (χ1n) is 11.9. The first kappa shape index (κ1) is 24.0. The Morgan fingerprint density at radius 3 is 2.59 bits per heavy atom. The van der Waals surface area contributed by atoms with E-state index >= 15 is 0 Å². The van der Waals surface area contributed by atoms with E-state index in [1.54, 1.807) is 18.6 Å². The average Bonchev–Trinajstić information content (AvgIpc) is 3.34. The Kier molecular flexibility index (Phi) is 7.05. The van der Waals surface area contributed by atoms with Gasteiger partial charge in [-0.2, -0.15) is 5.10 Å². The average molecular weight is 494 g/mol. The van der Waals surface area contributed by atoms with Gasteiger partial charge in [-0.15, -0.1) is 0 Å². The zero-order chi connectivity index (χ0) is 25.6. The number of para-hydroxylation sites is 1. The number of fused-ring (bicyclic) bond motifs is 1. The third kappa shape index (κ3) is 5.91. The van der Waals surface area contributed by atoms with Crippen LogP contribution in [0.3, 0.4) is 0 Å². The third-order valence-electron chi connectivity index (χ3n) is 5.69. The van der Waals surface area contributed by atoms with Crippen molar-refractivity contribution in [1.29, 1.82) is 0 Å². The van der Waals surface area contributed by atoms with E-state index in [1.165, 1.54) is 0 Å². The lowest BCUT2D eigenvalue weighted by molar-refractivity contribution is 0.102. The van der Waals surface area contributed by atoms with Crippen LogP contribution in [0.25, 0.3) is 22.0 Å². The molecule has 0 saturated heterocycles. The summed E-state index contributed by atoms with van der Waals surface area (Å²) in [4.78, 5) is 23.8. The standard InChI is InChI=1S/C28H27N7O2/c1-35(2)13-12-30-26-11-9-21(17-31-26)32-28(36)27-24-15-19(8-10-25(24)33-34-27)20-14-23(18-29-16-20)37-22-6-4-3-5-7-22/h3-11,14-18H,12-13H2,1-2H3,(H,30,31)(H,32,36)(H,33,34). The highest BCUT2D eigenvalue weighted by molar-refractivity contribution is 6.11. The number of hydrogen-bond acceptors (Lipinski definition) is 7. The summed E-state index contributed by atoms with van der Waals surface area (Å²) in [6, 6.07) is 20.9. The minimum absolute atomic E-state index is 0.301. The van der Waals surface area contributed by atoms with Gasteiger partial charge in [-0.3, -0.25) is 14.9 Å². The fourth-order valence-electron chi connectivity index (χ4n) is 3.79. The minimum Gasteiger partial charge on any atom is -0.456 e. The van der Waals surface area contributed by atoms with Gasteiger partial charge in [-0.25, -0.2) is 4.98 Å². The molecule has 0 spiro atoms. The Hall–Kier alpha value is -4.76. The number of nitrogens with zero attached hydrogens (tertiary/aromatic N) is 4. The number of aromatic nitrogens is 4. The van der Waals surface area contributed by atoms with Gasteiger partial charge in [-0.1, -0.05) is 24.3 Å². The van der Waals surface area contributed by atoms with E-state index in [9.17, 15) is 4.79 Å². The van der Waals surface area contributed by atoms with Crippen LogP contribution in [-0.2, 0) is 0 Å². The van der Waals surface area contributed by atoms with Crippen LogP contribution in [0, 0.1) is 0 Å². The van der Waals surface area contributed by atoms with Crippen LogP contribution in [-0.4, -0.2) is 58.2 Å². The Balaban J connectivity index is 1.32. The SMILES string of the molecule is CN(C)CCNc1ccc(NC(=O)c2n[nH]c3ccc(-c4cncc(Oc5ccccc5)c4)cc23)cn1. The maximum atomic E-state index is 13.1. The highest BCUT2D eigenvalue weighted by Crippen LogP contribution is 2.29. The summed E-state index contributed by atoms with van der Waals surface area (Å²) in [6.07, 6.45) is 5.06. The number of likely N-dealkylation sites (N-methyl/N-ethyl adjacent to an activating group) is 1. The van der Waals surface area contributed by atoms with E-state index in [0.29, 0.717) is 22.5 Å². The van der Waals surface area contributed by atoms with Crippen LogP contribution < -0.4 is 15.4 Å². The molecule has 3 heterocycles. The molecular formula is C28H27N7O2. The molecule has 5 aromatic rings. The number of ether oxygens (including phenoxy) is 1. The van der Waals surface area contributed by atoms with Crippen molar-refractivity contribution in [3.05, 3.63) is 91.0 Å². The Morgan fingerprint density at radius 1 is 0.946 bits per heavy atom. The number of nitrogens with one attached hydrogen (secondary N) is 3. The lowest BCUT2D eigenvalue weighted by Crippen LogP contribution is -2.21. The smallest absolute Gasteiger partial charge is 0.276 e. The number of carbonyl (C=O) groups is 1. The van der Waals surface area contributed by atoms with Crippen molar-refractivity contribution in [2.75, 3.05) is 37.8 Å². The Labute approximate surface area is 214 Å². The van der Waals surface area contributed by atoms with Gasteiger partial charge in [0.05, 0.1) is 23.6 Å². The van der Waals surface area contributed by atoms with Crippen LogP contribution in [0.1, 0.15) is 10.5 Å². The summed E-state index contributed by atoms with van der Waals surface area (Å²) < 4.78 is 5.92. The molecule has 9 heteroatoms. The van der Waals surface area contributed by atoms with Crippen molar-refractivity contribution >= 4 is 28.3 Å². The van der Waals surface area contributed by atoms with Crippen LogP contribution in [0.4, 0.5) is 11.5 Å². The molecule has 0 atom stereocenters. The van der Waals surface area contributed by atoms with Crippen molar-refractivity contribution in [2.45, 2.75) is 0 Å². The number of anilines is 2. The summed E-state index contributed by atoms with van der Waals surface area (Å²) in [6.45, 7) is 1.68. The van der Waals surface area contributed by atoms with Gasteiger partial charge in [-0.05, 0) is 62.1 Å². The summed E-state index contributed by atoms with van der Waals surface area (Å²) in [7, 11) is 4.04. The fourth-order valence-corrected chi connectivity index (χ4v) is 3.79. The maximum Gasteiger partial charge on any atom is 0.276 e. The molecule has 5 rings (SSSR count). The first-order valence-corrected chi connectivity index (χ1v) is 11.9. The lowest BCUT2D eigenvalue weighted by atomic mass is 10.0. The van der Waals surface area contributed by atoms with Gasteiger partial charge >= 0.3 is 0 Å². The summed E-state index contributed by atoms with van der Waals surface area (Å²) >= 11 is 0. The molecule has 3 N–H and O–H groups in total. The normalized spacial score (nSPS) is 11.0. The van der Waals surface area contributed by atoms with Gasteiger partial charge in [0.25, 0.3) is 5.91 Å². The number of H-pyrrole nitrogens is 1. The van der Waals surface area contributed by atoms with Gasteiger partial charge in [0.2, 0.25) is 0 Å². The van der Waals surface area contributed by atoms with E-state index in [2.05, 4.69) is 35.7 Å². The van der Waals surface area contributed by atoms with Crippen molar-refractivity contribution < 1.29 is 9.53 Å². The molecule has 0 saturated carbocycles. The second-order valence-electron chi connectivity index (χ2n) is 8.77. The molecule has 0 aliphatic rings. The quantitative estimate of drug-likeness (QED) is 0.264. The molecule has 0 radical (unpaired) electrons. The zero-order valence-electron chi connectivity index (χ0n) is 20.6. The van der Waals surface area contributed by atoms with E-state index in [1.807, 2.05) is 80.8 Å². The summed E-state index contributed by atoms with van der Waals surface area (Å²) in [5.74, 6) is 1.79. The second kappa shape index (κ2) is 10.9. The number of carbonyl (C=O) groups excluding carboxylic acids is 1. The molecule has 3 aromatic heterocycles. The predicted molar refractivity (Wildman–Crippen MR) is 145 cm³/mol. The molecule has 186 valence electrons. The number of aromatic amines is 1. The molecule has 0 aliphatic heterocycles. The number of pyridine rings is 2. The highest BCUT2D eigenvalue weighted by atomic mass is 16.5. The van der Waals surface area contributed by atoms with Crippen LogP contribution in [0.5, 0.6) is 11.5 Å². The molecule has 2 aromatic carbocycles. The molecule has 0 unspecified atom stereocenters. The zero-order valence-corrected chi connectivity index (χ0v) is 20.6. The second-order valence-corrected chi connectivity index (χ2v) is 8.77. The molecule has 1 amide bonds. The van der Waals surface area contributed by atoms with Crippen molar-refractivity contribution in [3.8, 4) is 22.6 Å². The Bertz CT molecular complexity index is 1500. The van der Waals surface area contributed by atoms with E-state index < -0.39 is 0 Å². The predicted octanol–water partition coefficient (Wildman–Crippen LogP) is 5.04. The lowest BCUT2D eigenvalue weighted by Gasteiger charge is -2.11. The molecule has 9 nitrogen and oxygen atoms in total. The van der Waals surface area contributed by atoms with Crippen molar-refractivity contribution in [1.82, 2.24) is 25.1 Å². The van der Waals surface area contributed by atoms with E-state index in [0.717, 1.165) is 41.3 Å².